The van der Waals surface area contributed by atoms with E-state index < -0.39 is 0 Å². The molecule has 0 radical (unpaired) electrons. The quantitative estimate of drug-likeness (QED) is 0.476. The standard InChI is InChI=1S/C28H38ClN7O5/c1-19(2)41-28(38)35-8-5-21(6-9-35)36-13-16-40-24-25(31-18-32-26(24)36)33-23-4-3-20(17-22(23)29)27(37)30-7-10-34-11-14-39-15-12-34/h3-4,17-19,21H,5-16H2,1-2H3,(H,30,37)(H,31,32,33). The molecule has 2 saturated heterocycles. The number of nitrogens with zero attached hydrogens (tertiary/aromatic N) is 5. The Kier molecular flexibility index (Phi) is 9.63. The number of benzene rings is 1. The van der Waals surface area contributed by atoms with Gasteiger partial charge in [0.15, 0.2) is 11.6 Å². The fourth-order valence-electron chi connectivity index (χ4n) is 5.27. The van der Waals surface area contributed by atoms with Crippen molar-refractivity contribution in [2.75, 3.05) is 75.9 Å². The van der Waals surface area contributed by atoms with E-state index >= 15 is 0 Å². The van der Waals surface area contributed by atoms with Gasteiger partial charge in [-0.05, 0) is 44.9 Å². The van der Waals surface area contributed by atoms with Crippen LogP contribution >= 0.6 is 11.6 Å². The van der Waals surface area contributed by atoms with Gasteiger partial charge in [-0.3, -0.25) is 9.69 Å². The lowest BCUT2D eigenvalue weighted by Crippen LogP contribution is -2.49. The Hall–Kier alpha value is -3.35. The third-order valence-corrected chi connectivity index (χ3v) is 7.75. The van der Waals surface area contributed by atoms with Crippen LogP contribution in [0.2, 0.25) is 5.02 Å². The minimum absolute atomic E-state index is 0.138. The van der Waals surface area contributed by atoms with Gasteiger partial charge in [-0.25, -0.2) is 14.8 Å². The molecule has 0 atom stereocenters. The second-order valence-electron chi connectivity index (χ2n) is 10.6. The van der Waals surface area contributed by atoms with Crippen LogP contribution in [0.5, 0.6) is 5.75 Å². The largest absolute Gasteiger partial charge is 0.485 e. The Morgan fingerprint density at radius 3 is 2.61 bits per heavy atom. The van der Waals surface area contributed by atoms with E-state index in [0.29, 0.717) is 66.4 Å². The number of hydrogen-bond acceptors (Lipinski definition) is 10. The fraction of sp³-hybridized carbons (Fsp3) is 0.571. The summed E-state index contributed by atoms with van der Waals surface area (Å²) >= 11 is 6.58. The van der Waals surface area contributed by atoms with Gasteiger partial charge in [0.1, 0.15) is 12.9 Å². The van der Waals surface area contributed by atoms with Gasteiger partial charge in [0.2, 0.25) is 5.75 Å². The molecule has 0 bridgehead atoms. The summed E-state index contributed by atoms with van der Waals surface area (Å²) in [6.07, 6.45) is 2.72. The van der Waals surface area contributed by atoms with Crippen molar-refractivity contribution in [1.82, 2.24) is 25.1 Å². The van der Waals surface area contributed by atoms with Crippen molar-refractivity contribution in [3.05, 3.63) is 35.1 Å². The van der Waals surface area contributed by atoms with E-state index in [1.165, 1.54) is 6.33 Å². The number of likely N-dealkylation sites (tertiary alicyclic amines) is 1. The maximum absolute atomic E-state index is 12.7. The van der Waals surface area contributed by atoms with E-state index in [1.807, 2.05) is 13.8 Å². The first-order valence-corrected chi connectivity index (χ1v) is 14.6. The van der Waals surface area contributed by atoms with Crippen molar-refractivity contribution < 1.29 is 23.8 Å². The molecule has 1 aromatic carbocycles. The summed E-state index contributed by atoms with van der Waals surface area (Å²) in [4.78, 5) is 40.2. The fourth-order valence-corrected chi connectivity index (χ4v) is 5.50. The van der Waals surface area contributed by atoms with Gasteiger partial charge in [0.25, 0.3) is 5.91 Å². The number of piperidine rings is 1. The van der Waals surface area contributed by atoms with Gasteiger partial charge in [-0.15, -0.1) is 0 Å². The zero-order valence-electron chi connectivity index (χ0n) is 23.6. The van der Waals surface area contributed by atoms with Crippen molar-refractivity contribution in [1.29, 1.82) is 0 Å². The Morgan fingerprint density at radius 2 is 1.88 bits per heavy atom. The van der Waals surface area contributed by atoms with Crippen molar-refractivity contribution in [3.8, 4) is 5.75 Å². The highest BCUT2D eigenvalue weighted by atomic mass is 35.5. The Morgan fingerprint density at radius 1 is 1.10 bits per heavy atom. The Labute approximate surface area is 245 Å². The topological polar surface area (TPSA) is 121 Å². The number of carbonyl (C=O) groups excluding carboxylic acids is 2. The average Bonchev–Trinajstić information content (AvgIpc) is 2.98. The maximum Gasteiger partial charge on any atom is 0.410 e. The van der Waals surface area contributed by atoms with Crippen molar-refractivity contribution in [2.24, 2.45) is 0 Å². The lowest BCUT2D eigenvalue weighted by molar-refractivity contribution is 0.0383. The molecule has 13 heteroatoms. The molecule has 0 saturated carbocycles. The second kappa shape index (κ2) is 13.5. The summed E-state index contributed by atoms with van der Waals surface area (Å²) in [5.74, 6) is 1.60. The number of ether oxygens (including phenoxy) is 3. The molecule has 2 fully saturated rings. The Balaban J connectivity index is 1.20. The number of aromatic nitrogens is 2. The highest BCUT2D eigenvalue weighted by Crippen LogP contribution is 2.39. The van der Waals surface area contributed by atoms with Crippen LogP contribution in [0.3, 0.4) is 0 Å². The maximum atomic E-state index is 12.7. The molecule has 4 heterocycles. The molecule has 0 unspecified atom stereocenters. The number of anilines is 3. The van der Waals surface area contributed by atoms with E-state index in [9.17, 15) is 9.59 Å². The zero-order valence-corrected chi connectivity index (χ0v) is 24.4. The highest BCUT2D eigenvalue weighted by molar-refractivity contribution is 6.33. The minimum atomic E-state index is -0.261. The van der Waals surface area contributed by atoms with Gasteiger partial charge in [-0.1, -0.05) is 11.6 Å². The van der Waals surface area contributed by atoms with E-state index in [1.54, 1.807) is 23.1 Å². The summed E-state index contributed by atoms with van der Waals surface area (Å²) in [5, 5.41) is 6.62. The number of rotatable bonds is 8. The van der Waals surface area contributed by atoms with Gasteiger partial charge < -0.3 is 34.6 Å². The predicted octanol–water partition coefficient (Wildman–Crippen LogP) is 3.14. The molecular formula is C28H38ClN7O5. The first kappa shape index (κ1) is 29.2. The molecule has 41 heavy (non-hydrogen) atoms. The predicted molar refractivity (Wildman–Crippen MR) is 155 cm³/mol. The molecular weight excluding hydrogens is 550 g/mol. The van der Waals surface area contributed by atoms with Crippen LogP contribution in [0.15, 0.2) is 24.5 Å². The number of nitrogens with one attached hydrogen (secondary N) is 2. The smallest absolute Gasteiger partial charge is 0.410 e. The zero-order chi connectivity index (χ0) is 28.8. The van der Waals surface area contributed by atoms with Crippen LogP contribution in [-0.4, -0.2) is 110 Å². The number of halogens is 1. The summed E-state index contributed by atoms with van der Waals surface area (Å²) in [7, 11) is 0. The number of morpholine rings is 1. The van der Waals surface area contributed by atoms with Crippen LogP contribution in [0, 0.1) is 0 Å². The van der Waals surface area contributed by atoms with Gasteiger partial charge in [0, 0.05) is 50.9 Å². The molecule has 5 rings (SSSR count). The molecule has 222 valence electrons. The number of carbonyl (C=O) groups is 2. The van der Waals surface area contributed by atoms with Crippen molar-refractivity contribution in [3.63, 3.8) is 0 Å². The summed E-state index contributed by atoms with van der Waals surface area (Å²) in [6.45, 7) is 10.7. The Bertz CT molecular complexity index is 1220. The van der Waals surface area contributed by atoms with Crippen LogP contribution in [0.1, 0.15) is 37.0 Å². The van der Waals surface area contributed by atoms with Crippen LogP contribution in [0.4, 0.5) is 22.1 Å². The van der Waals surface area contributed by atoms with Gasteiger partial charge in [0.05, 0.1) is 36.6 Å². The first-order valence-electron chi connectivity index (χ1n) is 14.2. The van der Waals surface area contributed by atoms with E-state index in [2.05, 4.69) is 30.4 Å². The lowest BCUT2D eigenvalue weighted by atomic mass is 10.0. The molecule has 12 nitrogen and oxygen atoms in total. The van der Waals surface area contributed by atoms with Crippen molar-refractivity contribution in [2.45, 2.75) is 38.8 Å². The second-order valence-corrected chi connectivity index (χ2v) is 11.0. The molecule has 3 aliphatic heterocycles. The van der Waals surface area contributed by atoms with Crippen molar-refractivity contribution >= 4 is 40.9 Å². The number of fused-ring (bicyclic) bond motifs is 1. The van der Waals surface area contributed by atoms with Crippen LogP contribution in [0.25, 0.3) is 0 Å². The molecule has 2 N–H and O–H groups in total. The normalized spacial score (nSPS) is 18.0. The SMILES string of the molecule is CC(C)OC(=O)N1CCC(N2CCOc3c(Nc4ccc(C(=O)NCCN5CCOCC5)cc4Cl)ncnc32)CC1. The lowest BCUT2D eigenvalue weighted by Gasteiger charge is -2.41. The van der Waals surface area contributed by atoms with E-state index in [0.717, 1.165) is 45.7 Å². The van der Waals surface area contributed by atoms with Crippen LogP contribution < -0.4 is 20.3 Å². The third-order valence-electron chi connectivity index (χ3n) is 7.44. The average molecular weight is 588 g/mol. The molecule has 1 aromatic heterocycles. The van der Waals surface area contributed by atoms with Gasteiger partial charge >= 0.3 is 6.09 Å². The number of amides is 2. The first-order chi connectivity index (χ1) is 19.9. The minimum Gasteiger partial charge on any atom is -0.485 e. The van der Waals surface area contributed by atoms with Crippen LogP contribution in [-0.2, 0) is 9.47 Å². The summed E-state index contributed by atoms with van der Waals surface area (Å²) in [5.41, 5.74) is 1.09. The third kappa shape index (κ3) is 7.30. The molecule has 0 aliphatic carbocycles. The summed E-state index contributed by atoms with van der Waals surface area (Å²) < 4.78 is 16.7. The molecule has 0 spiro atoms. The molecule has 3 aliphatic rings. The molecule has 2 aromatic rings. The van der Waals surface area contributed by atoms with E-state index in [4.69, 9.17) is 25.8 Å². The summed E-state index contributed by atoms with van der Waals surface area (Å²) in [6, 6.07) is 5.36. The molecule has 2 amide bonds. The number of hydrogen-bond donors (Lipinski definition) is 2. The highest BCUT2D eigenvalue weighted by Gasteiger charge is 2.33. The van der Waals surface area contributed by atoms with Gasteiger partial charge in [-0.2, -0.15) is 0 Å². The van der Waals surface area contributed by atoms with E-state index in [-0.39, 0.29) is 24.1 Å². The monoisotopic (exact) mass is 587 g/mol.